The molecule has 24 nitrogen and oxygen atoms in total. The van der Waals surface area contributed by atoms with Gasteiger partial charge in [-0.05, 0) is 350 Å². The van der Waals surface area contributed by atoms with Gasteiger partial charge < -0.3 is 89.3 Å². The van der Waals surface area contributed by atoms with E-state index in [9.17, 15) is 59.4 Å². The quantitative estimate of drug-likeness (QED) is 0.0206. The van der Waals surface area contributed by atoms with Gasteiger partial charge in [-0.25, -0.2) is 29.9 Å². The van der Waals surface area contributed by atoms with E-state index in [1.54, 1.807) is 18.2 Å². The third-order valence-electron chi connectivity index (χ3n) is 25.3. The summed E-state index contributed by atoms with van der Waals surface area (Å²) in [5, 5.41) is 67.3. The third-order valence-corrected chi connectivity index (χ3v) is 27.9. The van der Waals surface area contributed by atoms with Crippen LogP contribution in [0, 0.1) is 41.5 Å². The van der Waals surface area contributed by atoms with Crippen LogP contribution in [0.1, 0.15) is 270 Å². The minimum atomic E-state index is -1.16. The van der Waals surface area contributed by atoms with Crippen LogP contribution >= 0.6 is 69.6 Å². The first kappa shape index (κ1) is 103. The van der Waals surface area contributed by atoms with Crippen LogP contribution in [0.15, 0.2) is 92.5 Å². The van der Waals surface area contributed by atoms with Crippen molar-refractivity contribution in [1.82, 2.24) is 59.8 Å². The van der Waals surface area contributed by atoms with Crippen molar-refractivity contribution >= 4 is 257 Å². The largest absolute Gasteiger partial charge is 3.00 e. The van der Waals surface area contributed by atoms with Gasteiger partial charge in [0.2, 0.25) is 0 Å². The normalized spacial score (nSPS) is 13.7. The van der Waals surface area contributed by atoms with E-state index in [1.165, 1.54) is 0 Å². The van der Waals surface area contributed by atoms with Gasteiger partial charge in [0.1, 0.15) is 0 Å². The Bertz CT molecular complexity index is 6520. The SMILES string of the molecule is C=Cc1c(C)c2cc3[nH]c(cc4nc(cc5nc(cc1[nH]2)C(C)=C5CCC(=O)[O-])C(CCC(=O)[O-])=C4C)c(C)c3C(Cl)CCl.C=Cc1c(C)c2cc3[nH]c(cc4nc(cc5nc(cc1[nH]2)C(C)=C5CCC(=O)[O-])C(CCC(=O)[O-])=C4C)c(C)c3C(Cl)CCl.C=Cc1c(C)c2cc3[nH]c(cc4nc(cc5nc(cc1[nH]2)C(C)=C5CCC(=O)[O-])C(CCC(=O)[O-])=C4C)c(C)c3C(Cl)CCl.[Fe+3].[Fe+3]. The van der Waals surface area contributed by atoms with E-state index in [0.717, 1.165) is 200 Å². The molecule has 15 rings (SSSR count). The molecule has 0 fully saturated rings. The summed E-state index contributed by atoms with van der Waals surface area (Å²) in [5.74, 6) is -6.31. The van der Waals surface area contributed by atoms with E-state index in [1.807, 2.05) is 156 Å². The number of nitrogens with one attached hydrogen (secondary N) is 6. The predicted molar refractivity (Wildman–Crippen MR) is 520 cm³/mol. The number of allylic oxidation sites excluding steroid dienone is 12. The molecule has 15 heterocycles. The van der Waals surface area contributed by atoms with Crippen molar-refractivity contribution < 1.29 is 93.5 Å². The Hall–Kier alpha value is -11.4. The number of hydrogen-bond acceptors (Lipinski definition) is 18. The average Bonchev–Trinajstić information content (AvgIpc) is 1.62. The Balaban J connectivity index is 0.000000192. The van der Waals surface area contributed by atoms with Crippen LogP contribution in [-0.2, 0) is 62.9 Å². The Kier molecular flexibility index (Phi) is 33.5. The number of carbonyl (C=O) groups excluding carboxylic acids is 6. The van der Waals surface area contributed by atoms with Crippen LogP contribution in [0.25, 0.3) is 151 Å². The van der Waals surface area contributed by atoms with Crippen molar-refractivity contribution in [2.45, 2.75) is 176 Å². The molecule has 9 aromatic rings. The van der Waals surface area contributed by atoms with Crippen LogP contribution in [0.2, 0.25) is 0 Å². The van der Waals surface area contributed by atoms with Crippen molar-refractivity contribution in [3.05, 3.63) is 228 Å². The fourth-order valence-electron chi connectivity index (χ4n) is 17.9. The first-order valence-electron chi connectivity index (χ1n) is 42.9. The van der Waals surface area contributed by atoms with Crippen LogP contribution in [0.5, 0.6) is 0 Å². The molecular weight excluding hydrogens is 1910 g/mol. The zero-order valence-corrected chi connectivity index (χ0v) is 82.4. The van der Waals surface area contributed by atoms with Gasteiger partial charge in [0.25, 0.3) is 0 Å². The third kappa shape index (κ3) is 21.6. The number of nitrogens with zero attached hydrogens (tertiary/aromatic N) is 6. The molecule has 6 aliphatic heterocycles. The van der Waals surface area contributed by atoms with Crippen molar-refractivity contribution in [3.63, 3.8) is 0 Å². The molecule has 694 valence electrons. The number of aromatic nitrogens is 12. The molecule has 3 atom stereocenters. The number of fused-ring (bicyclic) bond motifs is 24. The molecule has 0 saturated heterocycles. The van der Waals surface area contributed by atoms with E-state index in [-0.39, 0.29) is 129 Å². The molecule has 32 heteroatoms. The molecule has 0 amide bonds. The number of H-pyrrole nitrogens is 6. The van der Waals surface area contributed by atoms with Gasteiger partial charge >= 0.3 is 34.1 Å². The minimum absolute atomic E-state index is 0. The van der Waals surface area contributed by atoms with Crippen molar-refractivity contribution in [2.24, 2.45) is 0 Å². The van der Waals surface area contributed by atoms with Gasteiger partial charge in [-0.3, -0.25) is 0 Å². The summed E-state index contributed by atoms with van der Waals surface area (Å²) in [7, 11) is 0. The van der Waals surface area contributed by atoms with E-state index in [2.05, 4.69) is 49.6 Å². The first-order chi connectivity index (χ1) is 62.8. The molecule has 24 bridgehead atoms. The Morgan fingerprint density at radius 1 is 0.269 bits per heavy atom. The summed E-state index contributed by atoms with van der Waals surface area (Å²) < 4.78 is 0. The molecule has 0 aliphatic carbocycles. The average molecular weight is 2010 g/mol. The molecular formula is C102H96Cl6Fe2N12O12. The fraction of sp³-hybridized carbons (Fsp3) is 0.294. The summed E-state index contributed by atoms with van der Waals surface area (Å²) in [5.41, 5.74) is 37.8. The molecule has 0 saturated carbocycles. The standard InChI is InChI=1S/3C34H34Cl2N4O4.2Fe/c3*1-6-20-16(2)26-13-31-34(23(36)15-35)19(5)27(40-31)11-24-17(3)21(7-9-32(41)42)29(38-24)14-30-22(8-10-33(43)44)18(4)25(39-30)12-28(20)37-26;;/h3*6,11-14,23,37,40H,1,7-10,15H2,2-5H3,(H,41,42)(H,43,44);;/q;;;2*+3/p-6. The molecule has 0 spiro atoms. The van der Waals surface area contributed by atoms with Crippen LogP contribution in [0.4, 0.5) is 0 Å². The second-order valence-electron chi connectivity index (χ2n) is 33.3. The fourth-order valence-corrected chi connectivity index (χ4v) is 19.2. The van der Waals surface area contributed by atoms with Gasteiger partial charge in [-0.2, -0.15) is 0 Å². The maximum absolute atomic E-state index is 11.4. The number of alkyl halides is 6. The van der Waals surface area contributed by atoms with E-state index < -0.39 is 51.9 Å². The molecule has 3 unspecified atom stereocenters. The summed E-state index contributed by atoms with van der Waals surface area (Å²) in [6.45, 7) is 35.5. The maximum atomic E-state index is 11.4. The number of aromatic amines is 6. The van der Waals surface area contributed by atoms with Crippen molar-refractivity contribution in [2.75, 3.05) is 17.6 Å². The number of carboxylic acids is 6. The predicted octanol–water partition coefficient (Wildman–Crippen LogP) is 18.0. The van der Waals surface area contributed by atoms with Crippen LogP contribution in [-0.4, -0.2) is 113 Å². The van der Waals surface area contributed by atoms with Crippen LogP contribution in [0.3, 0.4) is 0 Å². The Morgan fingerprint density at radius 2 is 0.433 bits per heavy atom. The van der Waals surface area contributed by atoms with Crippen molar-refractivity contribution in [3.8, 4) is 0 Å². The van der Waals surface area contributed by atoms with Gasteiger partial charge in [0, 0.05) is 136 Å². The summed E-state index contributed by atoms with van der Waals surface area (Å²) in [6.07, 6.45) is 5.62. The molecule has 0 aromatic carbocycles. The Labute approximate surface area is 825 Å². The smallest absolute Gasteiger partial charge is 0.550 e. The first-order valence-corrected chi connectivity index (χ1v) is 45.9. The number of carboxylic acid groups (broad SMARTS) is 6. The van der Waals surface area contributed by atoms with Gasteiger partial charge in [0.15, 0.2) is 0 Å². The van der Waals surface area contributed by atoms with Gasteiger partial charge in [-0.1, -0.05) is 38.0 Å². The summed E-state index contributed by atoms with van der Waals surface area (Å²) >= 11 is 39.0. The van der Waals surface area contributed by atoms with E-state index in [0.29, 0.717) is 68.3 Å². The minimum Gasteiger partial charge on any atom is -0.550 e. The Morgan fingerprint density at radius 3 is 0.597 bits per heavy atom. The molecule has 6 aliphatic rings. The number of hydrogen-bond donors (Lipinski definition) is 6. The number of halogens is 6. The number of carbonyl (C=O) groups is 6. The molecule has 2 radical (unpaired) electrons. The second kappa shape index (κ2) is 43.5. The molecule has 6 N–H and O–H groups in total. The monoisotopic (exact) mass is 2000 g/mol. The zero-order valence-electron chi connectivity index (χ0n) is 75.7. The van der Waals surface area contributed by atoms with Crippen LogP contribution < -0.4 is 30.6 Å². The van der Waals surface area contributed by atoms with E-state index >= 15 is 0 Å². The maximum Gasteiger partial charge on any atom is 3.00 e. The van der Waals surface area contributed by atoms with Gasteiger partial charge in [0.05, 0.1) is 84.5 Å². The topological polar surface area (TPSA) is 413 Å². The summed E-state index contributed by atoms with van der Waals surface area (Å²) in [4.78, 5) is 119. The number of aliphatic carboxylic acids is 6. The van der Waals surface area contributed by atoms with E-state index in [4.69, 9.17) is 99.5 Å². The zero-order chi connectivity index (χ0) is 95.6. The molecule has 134 heavy (non-hydrogen) atoms. The number of rotatable bonds is 27. The second-order valence-corrected chi connectivity index (χ2v) is 35.8. The number of aryl methyl sites for hydroxylation is 6. The summed E-state index contributed by atoms with van der Waals surface area (Å²) in [6, 6.07) is 23.0. The molecule has 9 aromatic heterocycles. The van der Waals surface area contributed by atoms with Crippen molar-refractivity contribution in [1.29, 1.82) is 0 Å². The van der Waals surface area contributed by atoms with Gasteiger partial charge in [-0.15, -0.1) is 69.6 Å².